The van der Waals surface area contributed by atoms with Crippen LogP contribution in [0.5, 0.6) is 0 Å². The third-order valence-electron chi connectivity index (χ3n) is 4.43. The number of carbonyl (C=O) groups excluding carboxylic acids is 3. The number of benzene rings is 1. The second-order valence-electron chi connectivity index (χ2n) is 6.17. The standard InChI is InChI=1S/C15H17N3O3/c1-15(2)11-12(15)14(21)18(13(11)20)7-10(19)17-9-6-4-3-5-8(9)16/h3-6,11-12H,7,16H2,1-2H3,(H,17,19). The predicted octanol–water partition coefficient (Wildman–Crippen LogP) is 0.848. The minimum absolute atomic E-state index is 0.244. The monoisotopic (exact) mass is 287 g/mol. The Bertz CT molecular complexity index is 629. The van der Waals surface area contributed by atoms with Crippen LogP contribution in [0.3, 0.4) is 0 Å². The summed E-state index contributed by atoms with van der Waals surface area (Å²) in [6.07, 6.45) is 0. The Morgan fingerprint density at radius 3 is 2.38 bits per heavy atom. The normalized spacial score (nSPS) is 25.7. The van der Waals surface area contributed by atoms with Gasteiger partial charge in [0, 0.05) is 0 Å². The molecule has 0 spiro atoms. The Morgan fingerprint density at radius 2 is 1.81 bits per heavy atom. The summed E-state index contributed by atoms with van der Waals surface area (Å²) in [5.41, 5.74) is 6.39. The molecule has 1 aromatic rings. The van der Waals surface area contributed by atoms with Crippen LogP contribution in [0.1, 0.15) is 13.8 Å². The van der Waals surface area contributed by atoms with E-state index in [1.807, 2.05) is 13.8 Å². The van der Waals surface area contributed by atoms with E-state index in [4.69, 9.17) is 5.73 Å². The lowest BCUT2D eigenvalue weighted by molar-refractivity contribution is -0.145. The molecule has 110 valence electrons. The van der Waals surface area contributed by atoms with Crippen LogP contribution in [0.4, 0.5) is 11.4 Å². The molecule has 1 heterocycles. The van der Waals surface area contributed by atoms with Crippen molar-refractivity contribution in [3.8, 4) is 0 Å². The number of nitrogens with one attached hydrogen (secondary N) is 1. The van der Waals surface area contributed by atoms with E-state index in [1.165, 1.54) is 0 Å². The van der Waals surface area contributed by atoms with Gasteiger partial charge in [0.15, 0.2) is 0 Å². The quantitative estimate of drug-likeness (QED) is 0.636. The van der Waals surface area contributed by atoms with Gasteiger partial charge < -0.3 is 11.1 Å². The Morgan fingerprint density at radius 1 is 1.24 bits per heavy atom. The van der Waals surface area contributed by atoms with E-state index in [0.29, 0.717) is 11.4 Å². The summed E-state index contributed by atoms with van der Waals surface area (Å²) in [6.45, 7) is 3.55. The van der Waals surface area contributed by atoms with Crippen molar-refractivity contribution < 1.29 is 14.4 Å². The second-order valence-corrected chi connectivity index (χ2v) is 6.17. The molecule has 6 nitrogen and oxygen atoms in total. The first-order valence-electron chi connectivity index (χ1n) is 6.83. The number of para-hydroxylation sites is 2. The summed E-state index contributed by atoms with van der Waals surface area (Å²) in [4.78, 5) is 37.3. The first-order valence-corrected chi connectivity index (χ1v) is 6.83. The van der Waals surface area contributed by atoms with E-state index < -0.39 is 5.91 Å². The van der Waals surface area contributed by atoms with Gasteiger partial charge in [-0.2, -0.15) is 0 Å². The van der Waals surface area contributed by atoms with Crippen molar-refractivity contribution >= 4 is 29.1 Å². The van der Waals surface area contributed by atoms with E-state index in [-0.39, 0.29) is 35.6 Å². The zero-order valence-corrected chi connectivity index (χ0v) is 11.9. The number of hydrogen-bond donors (Lipinski definition) is 2. The van der Waals surface area contributed by atoms with Crippen LogP contribution in [0, 0.1) is 17.3 Å². The fourth-order valence-corrected chi connectivity index (χ4v) is 3.10. The smallest absolute Gasteiger partial charge is 0.244 e. The maximum absolute atomic E-state index is 12.1. The maximum Gasteiger partial charge on any atom is 0.244 e. The number of nitrogen functional groups attached to an aromatic ring is 1. The largest absolute Gasteiger partial charge is 0.397 e. The van der Waals surface area contributed by atoms with Crippen LogP contribution >= 0.6 is 0 Å². The predicted molar refractivity (Wildman–Crippen MR) is 77.0 cm³/mol. The highest BCUT2D eigenvalue weighted by Crippen LogP contribution is 2.63. The van der Waals surface area contributed by atoms with Gasteiger partial charge >= 0.3 is 0 Å². The maximum atomic E-state index is 12.1. The molecule has 6 heteroatoms. The highest BCUT2D eigenvalue weighted by molar-refractivity contribution is 6.13. The number of nitrogens with zero attached hydrogens (tertiary/aromatic N) is 1. The summed E-state index contributed by atoms with van der Waals surface area (Å²) >= 11 is 0. The van der Waals surface area contributed by atoms with E-state index in [9.17, 15) is 14.4 Å². The average molecular weight is 287 g/mol. The van der Waals surface area contributed by atoms with Crippen LogP contribution in [0.15, 0.2) is 24.3 Å². The molecule has 3 rings (SSSR count). The number of hydrogen-bond acceptors (Lipinski definition) is 4. The summed E-state index contributed by atoms with van der Waals surface area (Å²) in [6, 6.07) is 6.84. The van der Waals surface area contributed by atoms with Gasteiger partial charge in [-0.25, -0.2) is 0 Å². The zero-order valence-electron chi connectivity index (χ0n) is 11.9. The van der Waals surface area contributed by atoms with Crippen molar-refractivity contribution in [3.05, 3.63) is 24.3 Å². The highest BCUT2D eigenvalue weighted by Gasteiger charge is 2.72. The summed E-state index contributed by atoms with van der Waals surface area (Å²) in [5.74, 6) is -1.44. The average Bonchev–Trinajstić information content (AvgIpc) is 2.89. The number of imide groups is 1. The molecule has 1 saturated heterocycles. The molecule has 3 amide bonds. The van der Waals surface area contributed by atoms with E-state index >= 15 is 0 Å². The SMILES string of the molecule is CC1(C)C2C(=O)N(CC(=O)Nc3ccccc3N)C(=O)C21. The van der Waals surface area contributed by atoms with Gasteiger partial charge in [-0.1, -0.05) is 26.0 Å². The molecule has 1 saturated carbocycles. The second kappa shape index (κ2) is 4.31. The van der Waals surface area contributed by atoms with Crippen molar-refractivity contribution in [3.63, 3.8) is 0 Å². The lowest BCUT2D eigenvalue weighted by Gasteiger charge is -2.20. The van der Waals surface area contributed by atoms with Crippen molar-refractivity contribution in [2.75, 3.05) is 17.6 Å². The first-order chi connectivity index (χ1) is 9.84. The van der Waals surface area contributed by atoms with Gasteiger partial charge in [0.1, 0.15) is 6.54 Å². The molecule has 2 atom stereocenters. The van der Waals surface area contributed by atoms with Crippen LogP contribution in [0.2, 0.25) is 0 Å². The highest BCUT2D eigenvalue weighted by atomic mass is 16.2. The fourth-order valence-electron chi connectivity index (χ4n) is 3.10. The lowest BCUT2D eigenvalue weighted by atomic mass is 10.1. The Labute approximate surface area is 122 Å². The van der Waals surface area contributed by atoms with Crippen LogP contribution in [-0.4, -0.2) is 29.2 Å². The molecule has 2 unspecified atom stereocenters. The molecule has 2 aliphatic rings. The van der Waals surface area contributed by atoms with Gasteiger partial charge in [-0.05, 0) is 17.5 Å². The summed E-state index contributed by atoms with van der Waals surface area (Å²) < 4.78 is 0. The Balaban J connectivity index is 1.66. The number of fused-ring (bicyclic) bond motifs is 1. The third kappa shape index (κ3) is 1.98. The van der Waals surface area contributed by atoms with Crippen molar-refractivity contribution in [2.24, 2.45) is 17.3 Å². The van der Waals surface area contributed by atoms with Crippen LogP contribution < -0.4 is 11.1 Å². The molecular formula is C15H17N3O3. The molecule has 1 aromatic carbocycles. The molecule has 2 fully saturated rings. The minimum Gasteiger partial charge on any atom is -0.397 e. The van der Waals surface area contributed by atoms with Gasteiger partial charge in [0.25, 0.3) is 0 Å². The Hall–Kier alpha value is -2.37. The summed E-state index contributed by atoms with van der Waals surface area (Å²) in [5, 5.41) is 2.62. The zero-order chi connectivity index (χ0) is 15.4. The first kappa shape index (κ1) is 13.6. The molecule has 0 radical (unpaired) electrons. The molecule has 1 aliphatic heterocycles. The number of anilines is 2. The van der Waals surface area contributed by atoms with E-state index in [1.54, 1.807) is 24.3 Å². The number of amides is 3. The van der Waals surface area contributed by atoms with Crippen molar-refractivity contribution in [1.29, 1.82) is 0 Å². The number of rotatable bonds is 3. The number of nitrogens with two attached hydrogens (primary N) is 1. The fraction of sp³-hybridized carbons (Fsp3) is 0.400. The van der Waals surface area contributed by atoms with Gasteiger partial charge in [0.2, 0.25) is 17.7 Å². The molecular weight excluding hydrogens is 270 g/mol. The number of carbonyl (C=O) groups is 3. The van der Waals surface area contributed by atoms with E-state index in [2.05, 4.69) is 5.32 Å². The van der Waals surface area contributed by atoms with Crippen LogP contribution in [-0.2, 0) is 14.4 Å². The Kier molecular flexibility index (Phi) is 2.79. The molecule has 3 N–H and O–H groups in total. The molecule has 0 aromatic heterocycles. The summed E-state index contributed by atoms with van der Waals surface area (Å²) in [7, 11) is 0. The molecule has 1 aliphatic carbocycles. The lowest BCUT2D eigenvalue weighted by Crippen LogP contribution is -2.41. The number of likely N-dealkylation sites (tertiary alicyclic amines) is 1. The van der Waals surface area contributed by atoms with Crippen molar-refractivity contribution in [1.82, 2.24) is 4.90 Å². The van der Waals surface area contributed by atoms with Gasteiger partial charge in [-0.3, -0.25) is 19.3 Å². The topological polar surface area (TPSA) is 92.5 Å². The van der Waals surface area contributed by atoms with Gasteiger partial charge in [-0.15, -0.1) is 0 Å². The van der Waals surface area contributed by atoms with Gasteiger partial charge in [0.05, 0.1) is 23.2 Å². The third-order valence-corrected chi connectivity index (χ3v) is 4.43. The van der Waals surface area contributed by atoms with Crippen LogP contribution in [0.25, 0.3) is 0 Å². The number of piperidine rings is 1. The van der Waals surface area contributed by atoms with Crippen molar-refractivity contribution in [2.45, 2.75) is 13.8 Å². The van der Waals surface area contributed by atoms with E-state index in [0.717, 1.165) is 4.90 Å². The molecule has 21 heavy (non-hydrogen) atoms. The molecule has 0 bridgehead atoms. The minimum atomic E-state index is -0.422.